The predicted molar refractivity (Wildman–Crippen MR) is 75.9 cm³/mol. The Bertz CT molecular complexity index is 616. The summed E-state index contributed by atoms with van der Waals surface area (Å²) >= 11 is 1.65. The molecule has 0 bridgehead atoms. The van der Waals surface area contributed by atoms with E-state index in [0.717, 1.165) is 30.8 Å². The van der Waals surface area contributed by atoms with E-state index in [0.29, 0.717) is 17.5 Å². The Labute approximate surface area is 115 Å². The van der Waals surface area contributed by atoms with E-state index in [-0.39, 0.29) is 0 Å². The van der Waals surface area contributed by atoms with E-state index in [1.807, 2.05) is 29.7 Å². The third-order valence-corrected chi connectivity index (χ3v) is 3.90. The molecule has 3 rings (SSSR count). The molecule has 0 unspecified atom stereocenters. The van der Waals surface area contributed by atoms with Crippen LogP contribution in [-0.4, -0.2) is 18.1 Å². The van der Waals surface area contributed by atoms with E-state index in [2.05, 4.69) is 16.0 Å². The molecule has 0 atom stereocenters. The molecule has 1 saturated heterocycles. The highest BCUT2D eigenvalue weighted by Gasteiger charge is 2.21. The molecule has 3 heterocycles. The molecular weight excluding hydrogens is 258 g/mol. The number of aromatic nitrogens is 1. The van der Waals surface area contributed by atoms with Crippen molar-refractivity contribution in [2.75, 3.05) is 18.0 Å². The number of thiophene rings is 1. The first-order valence-electron chi connectivity index (χ1n) is 6.24. The number of rotatable bonds is 3. The van der Waals surface area contributed by atoms with Crippen LogP contribution in [0.2, 0.25) is 0 Å². The van der Waals surface area contributed by atoms with E-state index in [4.69, 9.17) is 9.68 Å². The zero-order valence-electron chi connectivity index (χ0n) is 10.4. The van der Waals surface area contributed by atoms with E-state index < -0.39 is 0 Å². The Hall–Kier alpha value is -2.06. The van der Waals surface area contributed by atoms with Crippen molar-refractivity contribution in [3.05, 3.63) is 34.0 Å². The van der Waals surface area contributed by atoms with Crippen LogP contribution < -0.4 is 4.90 Å². The van der Waals surface area contributed by atoms with Crippen LogP contribution >= 0.6 is 11.3 Å². The van der Waals surface area contributed by atoms with E-state index in [1.54, 1.807) is 11.3 Å². The highest BCUT2D eigenvalue weighted by atomic mass is 32.1. The first-order valence-corrected chi connectivity index (χ1v) is 7.12. The summed E-state index contributed by atoms with van der Waals surface area (Å²) in [6.45, 7) is 1.88. The fourth-order valence-corrected chi connectivity index (χ4v) is 2.76. The maximum Gasteiger partial charge on any atom is 0.235 e. The second-order valence-electron chi connectivity index (χ2n) is 4.36. The van der Waals surface area contributed by atoms with Crippen LogP contribution in [0, 0.1) is 11.3 Å². The van der Waals surface area contributed by atoms with Crippen molar-refractivity contribution in [2.24, 2.45) is 0 Å². The molecule has 0 amide bonds. The molecule has 96 valence electrons. The van der Waals surface area contributed by atoms with Crippen molar-refractivity contribution in [1.82, 2.24) is 4.98 Å². The maximum atomic E-state index is 9.12. The highest BCUT2D eigenvalue weighted by molar-refractivity contribution is 7.10. The number of hydrogen-bond acceptors (Lipinski definition) is 5. The van der Waals surface area contributed by atoms with Crippen LogP contribution in [0.15, 0.2) is 21.9 Å². The van der Waals surface area contributed by atoms with Gasteiger partial charge in [0.25, 0.3) is 0 Å². The van der Waals surface area contributed by atoms with Gasteiger partial charge in [0.05, 0.1) is 0 Å². The number of nitriles is 1. The number of hydrogen-bond donors (Lipinski definition) is 0. The Kier molecular flexibility index (Phi) is 3.34. The molecule has 0 saturated carbocycles. The normalized spacial score (nSPS) is 15.2. The van der Waals surface area contributed by atoms with Gasteiger partial charge < -0.3 is 9.32 Å². The van der Waals surface area contributed by atoms with Crippen LogP contribution in [0.5, 0.6) is 0 Å². The van der Waals surface area contributed by atoms with Crippen LogP contribution in [0.1, 0.15) is 29.3 Å². The Morgan fingerprint density at radius 2 is 2.21 bits per heavy atom. The molecule has 0 aliphatic carbocycles. The molecular formula is C14H13N3OS. The van der Waals surface area contributed by atoms with Crippen LogP contribution in [0.4, 0.5) is 5.88 Å². The summed E-state index contributed by atoms with van der Waals surface area (Å²) < 4.78 is 5.70. The summed E-state index contributed by atoms with van der Waals surface area (Å²) in [6, 6.07) is 6.13. The molecule has 4 nitrogen and oxygen atoms in total. The van der Waals surface area contributed by atoms with Gasteiger partial charge in [-0.25, -0.2) is 0 Å². The fourth-order valence-electron chi connectivity index (χ4n) is 2.15. The summed E-state index contributed by atoms with van der Waals surface area (Å²) in [6.07, 6.45) is 6.05. The first-order chi connectivity index (χ1) is 9.36. The molecule has 5 heteroatoms. The van der Waals surface area contributed by atoms with E-state index in [9.17, 15) is 0 Å². The standard InChI is InChI=1S/C14H13N3OS/c15-10-12-14(17-7-1-2-8-17)18-13(16-12)6-5-11-4-3-9-19-11/h3-6,9H,1-2,7-8H2/b6-5+. The number of oxazole rings is 1. The minimum absolute atomic E-state index is 0.382. The van der Waals surface area contributed by atoms with Gasteiger partial charge in [0.2, 0.25) is 17.5 Å². The van der Waals surface area contributed by atoms with Gasteiger partial charge in [-0.05, 0) is 30.4 Å². The van der Waals surface area contributed by atoms with Crippen LogP contribution in [0.3, 0.4) is 0 Å². The van der Waals surface area contributed by atoms with Gasteiger partial charge in [-0.3, -0.25) is 0 Å². The molecule has 19 heavy (non-hydrogen) atoms. The summed E-state index contributed by atoms with van der Waals surface area (Å²) in [5, 5.41) is 11.1. The topological polar surface area (TPSA) is 53.1 Å². The largest absolute Gasteiger partial charge is 0.420 e. The lowest BCUT2D eigenvalue weighted by molar-refractivity contribution is 0.538. The lowest BCUT2D eigenvalue weighted by Gasteiger charge is -2.12. The van der Waals surface area contributed by atoms with Crippen molar-refractivity contribution < 1.29 is 4.42 Å². The molecule has 2 aromatic rings. The lowest BCUT2D eigenvalue weighted by atomic mass is 10.4. The van der Waals surface area contributed by atoms with E-state index in [1.165, 1.54) is 0 Å². The molecule has 2 aromatic heterocycles. The van der Waals surface area contributed by atoms with Crippen LogP contribution in [0.25, 0.3) is 12.2 Å². The zero-order chi connectivity index (χ0) is 13.1. The average molecular weight is 271 g/mol. The second kappa shape index (κ2) is 5.29. The Morgan fingerprint density at radius 1 is 1.37 bits per heavy atom. The van der Waals surface area contributed by atoms with E-state index >= 15 is 0 Å². The quantitative estimate of drug-likeness (QED) is 0.858. The monoisotopic (exact) mass is 271 g/mol. The fraction of sp³-hybridized carbons (Fsp3) is 0.286. The number of anilines is 1. The molecule has 0 aromatic carbocycles. The molecule has 1 aliphatic rings. The Balaban J connectivity index is 1.85. The first kappa shape index (κ1) is 12.0. The zero-order valence-corrected chi connectivity index (χ0v) is 11.2. The van der Waals surface area contributed by atoms with Gasteiger partial charge in [0, 0.05) is 24.0 Å². The lowest BCUT2D eigenvalue weighted by Crippen LogP contribution is -2.17. The molecule has 0 N–H and O–H groups in total. The van der Waals surface area contributed by atoms with Gasteiger partial charge in [0.15, 0.2) is 0 Å². The minimum atomic E-state index is 0.382. The maximum absolute atomic E-state index is 9.12. The van der Waals surface area contributed by atoms with Gasteiger partial charge in [-0.2, -0.15) is 10.2 Å². The van der Waals surface area contributed by atoms with Crippen molar-refractivity contribution in [3.8, 4) is 6.07 Å². The van der Waals surface area contributed by atoms with Crippen molar-refractivity contribution >= 4 is 29.4 Å². The predicted octanol–water partition coefficient (Wildman–Crippen LogP) is 3.38. The molecule has 1 fully saturated rings. The van der Waals surface area contributed by atoms with Gasteiger partial charge >= 0.3 is 0 Å². The van der Waals surface area contributed by atoms with Gasteiger partial charge in [0.1, 0.15) is 6.07 Å². The number of nitrogens with zero attached hydrogens (tertiary/aromatic N) is 3. The van der Waals surface area contributed by atoms with Crippen molar-refractivity contribution in [3.63, 3.8) is 0 Å². The Morgan fingerprint density at radius 3 is 2.89 bits per heavy atom. The smallest absolute Gasteiger partial charge is 0.235 e. The summed E-state index contributed by atoms with van der Waals surface area (Å²) in [5.74, 6) is 1.11. The SMILES string of the molecule is N#Cc1nc(/C=C/c2cccs2)oc1N1CCCC1. The summed E-state index contributed by atoms with van der Waals surface area (Å²) in [5.41, 5.74) is 0.382. The van der Waals surface area contributed by atoms with Crippen LogP contribution in [-0.2, 0) is 0 Å². The second-order valence-corrected chi connectivity index (χ2v) is 5.34. The minimum Gasteiger partial charge on any atom is -0.420 e. The third kappa shape index (κ3) is 2.54. The van der Waals surface area contributed by atoms with Crippen molar-refractivity contribution in [1.29, 1.82) is 5.26 Å². The summed E-state index contributed by atoms with van der Waals surface area (Å²) in [4.78, 5) is 7.45. The third-order valence-electron chi connectivity index (χ3n) is 3.06. The molecule has 0 radical (unpaired) electrons. The average Bonchev–Trinajstić information content (AvgIpc) is 3.16. The van der Waals surface area contributed by atoms with Gasteiger partial charge in [-0.15, -0.1) is 11.3 Å². The highest BCUT2D eigenvalue weighted by Crippen LogP contribution is 2.26. The summed E-state index contributed by atoms with van der Waals surface area (Å²) in [7, 11) is 0. The molecule has 1 aliphatic heterocycles. The van der Waals surface area contributed by atoms with Crippen molar-refractivity contribution in [2.45, 2.75) is 12.8 Å². The van der Waals surface area contributed by atoms with Gasteiger partial charge in [-0.1, -0.05) is 6.07 Å². The molecule has 0 spiro atoms.